The number of nitriles is 1. The molecule has 0 aliphatic carbocycles. The summed E-state index contributed by atoms with van der Waals surface area (Å²) in [5.74, 6) is -0.825. The van der Waals surface area contributed by atoms with E-state index in [1.807, 2.05) is 6.07 Å². The van der Waals surface area contributed by atoms with E-state index < -0.39 is 5.92 Å². The predicted molar refractivity (Wildman–Crippen MR) is 61.4 cm³/mol. The average Bonchev–Trinajstić information content (AvgIpc) is 2.85. The third-order valence-electron chi connectivity index (χ3n) is 2.69. The normalized spacial score (nSPS) is 16.3. The van der Waals surface area contributed by atoms with Gasteiger partial charge in [0.15, 0.2) is 5.78 Å². The highest BCUT2D eigenvalue weighted by Crippen LogP contribution is 2.17. The van der Waals surface area contributed by atoms with E-state index in [4.69, 9.17) is 5.26 Å². The van der Waals surface area contributed by atoms with Crippen LogP contribution in [0.1, 0.15) is 23.2 Å². The molecule has 0 amide bonds. The van der Waals surface area contributed by atoms with Crippen molar-refractivity contribution in [3.05, 3.63) is 35.9 Å². The molecule has 3 nitrogen and oxygen atoms in total. The fourth-order valence-corrected chi connectivity index (χ4v) is 1.85. The lowest BCUT2D eigenvalue weighted by Crippen LogP contribution is -2.21. The molecular formula is C13H12N2O. The molecule has 1 aromatic rings. The van der Waals surface area contributed by atoms with E-state index in [0.29, 0.717) is 5.56 Å². The molecule has 0 radical (unpaired) electrons. The molecule has 1 aliphatic heterocycles. The zero-order chi connectivity index (χ0) is 11.4. The molecule has 0 N–H and O–H groups in total. The number of benzene rings is 1. The number of Topliss-reactive ketones (excluding diaryl/α,β-unsaturated/α-hetero) is 1. The SMILES string of the molecule is N#CC(C(=O)c1ccccc1)C1=NCCC1. The zero-order valence-electron chi connectivity index (χ0n) is 8.89. The Balaban J connectivity index is 2.23. The molecule has 3 heteroatoms. The van der Waals surface area contributed by atoms with Crippen LogP contribution in [0, 0.1) is 17.2 Å². The molecule has 0 fully saturated rings. The Morgan fingerprint density at radius 3 is 2.69 bits per heavy atom. The highest BCUT2D eigenvalue weighted by Gasteiger charge is 2.26. The van der Waals surface area contributed by atoms with E-state index in [1.54, 1.807) is 24.3 Å². The van der Waals surface area contributed by atoms with Crippen molar-refractivity contribution in [3.63, 3.8) is 0 Å². The highest BCUT2D eigenvalue weighted by molar-refractivity contribution is 6.14. The maximum Gasteiger partial charge on any atom is 0.185 e. The molecule has 1 atom stereocenters. The van der Waals surface area contributed by atoms with Gasteiger partial charge in [-0.2, -0.15) is 5.26 Å². The third kappa shape index (κ3) is 2.01. The van der Waals surface area contributed by atoms with Gasteiger partial charge in [0.1, 0.15) is 5.92 Å². The molecule has 0 saturated heterocycles. The van der Waals surface area contributed by atoms with Gasteiger partial charge in [-0.05, 0) is 12.8 Å². The first kappa shape index (κ1) is 10.6. The van der Waals surface area contributed by atoms with E-state index >= 15 is 0 Å². The fourth-order valence-electron chi connectivity index (χ4n) is 1.85. The van der Waals surface area contributed by atoms with Crippen molar-refractivity contribution in [1.82, 2.24) is 0 Å². The molecule has 0 aromatic heterocycles. The van der Waals surface area contributed by atoms with Gasteiger partial charge < -0.3 is 0 Å². The van der Waals surface area contributed by atoms with Crippen LogP contribution in [0.25, 0.3) is 0 Å². The summed E-state index contributed by atoms with van der Waals surface area (Å²) in [5, 5.41) is 9.07. The Morgan fingerprint density at radius 2 is 2.12 bits per heavy atom. The molecule has 1 aromatic carbocycles. The van der Waals surface area contributed by atoms with Crippen LogP contribution in [0.5, 0.6) is 0 Å². The second-order valence-electron chi connectivity index (χ2n) is 3.77. The van der Waals surface area contributed by atoms with Crippen molar-refractivity contribution in [2.24, 2.45) is 10.9 Å². The van der Waals surface area contributed by atoms with Crippen LogP contribution in [0.3, 0.4) is 0 Å². The van der Waals surface area contributed by atoms with Gasteiger partial charge in [0, 0.05) is 17.8 Å². The molecule has 0 bridgehead atoms. The lowest BCUT2D eigenvalue weighted by atomic mass is 9.93. The largest absolute Gasteiger partial charge is 0.292 e. The number of aliphatic imine (C=N–C) groups is 1. The van der Waals surface area contributed by atoms with Crippen LogP contribution < -0.4 is 0 Å². The van der Waals surface area contributed by atoms with Gasteiger partial charge in [-0.3, -0.25) is 9.79 Å². The molecule has 1 heterocycles. The first-order chi connectivity index (χ1) is 7.83. The molecule has 1 aliphatic rings. The summed E-state index contributed by atoms with van der Waals surface area (Å²) >= 11 is 0. The summed E-state index contributed by atoms with van der Waals surface area (Å²) in [6, 6.07) is 11.0. The molecule has 0 saturated carbocycles. The second kappa shape index (κ2) is 4.71. The predicted octanol–water partition coefficient (Wildman–Crippen LogP) is 2.24. The minimum atomic E-state index is -0.690. The Hall–Kier alpha value is -1.95. The molecule has 2 rings (SSSR count). The van der Waals surface area contributed by atoms with Gasteiger partial charge >= 0.3 is 0 Å². The fraction of sp³-hybridized carbons (Fsp3) is 0.308. The maximum absolute atomic E-state index is 12.1. The summed E-state index contributed by atoms with van der Waals surface area (Å²) < 4.78 is 0. The van der Waals surface area contributed by atoms with Crippen LogP contribution in [0.4, 0.5) is 0 Å². The van der Waals surface area contributed by atoms with E-state index in [9.17, 15) is 4.79 Å². The van der Waals surface area contributed by atoms with Gasteiger partial charge in [-0.15, -0.1) is 0 Å². The number of nitrogens with zero attached hydrogens (tertiary/aromatic N) is 2. The van der Waals surface area contributed by atoms with Crippen molar-refractivity contribution < 1.29 is 4.79 Å². The number of carbonyl (C=O) groups is 1. The van der Waals surface area contributed by atoms with Crippen LogP contribution in [-0.4, -0.2) is 18.0 Å². The Bertz CT molecular complexity index is 457. The van der Waals surface area contributed by atoms with Gasteiger partial charge in [0.2, 0.25) is 0 Å². The Morgan fingerprint density at radius 1 is 1.38 bits per heavy atom. The molecule has 16 heavy (non-hydrogen) atoms. The standard InChI is InChI=1S/C13H12N2O/c14-9-11(12-7-4-8-15-12)13(16)10-5-2-1-3-6-10/h1-3,5-6,11H,4,7-8H2. The number of carbonyl (C=O) groups excluding carboxylic acids is 1. The number of hydrogen-bond donors (Lipinski definition) is 0. The Labute approximate surface area is 94.4 Å². The number of ketones is 1. The Kier molecular flexibility index (Phi) is 3.11. The van der Waals surface area contributed by atoms with E-state index in [-0.39, 0.29) is 5.78 Å². The molecule has 1 unspecified atom stereocenters. The van der Waals surface area contributed by atoms with E-state index in [0.717, 1.165) is 25.1 Å². The van der Waals surface area contributed by atoms with Gasteiger partial charge in [0.05, 0.1) is 6.07 Å². The zero-order valence-corrected chi connectivity index (χ0v) is 8.89. The van der Waals surface area contributed by atoms with Crippen molar-refractivity contribution in [2.75, 3.05) is 6.54 Å². The monoisotopic (exact) mass is 212 g/mol. The van der Waals surface area contributed by atoms with Crippen LogP contribution >= 0.6 is 0 Å². The lowest BCUT2D eigenvalue weighted by Gasteiger charge is -2.07. The van der Waals surface area contributed by atoms with Crippen LogP contribution in [0.2, 0.25) is 0 Å². The van der Waals surface area contributed by atoms with Crippen LogP contribution in [-0.2, 0) is 0 Å². The molecule has 80 valence electrons. The first-order valence-corrected chi connectivity index (χ1v) is 5.35. The van der Waals surface area contributed by atoms with Crippen molar-refractivity contribution in [3.8, 4) is 6.07 Å². The van der Waals surface area contributed by atoms with Crippen molar-refractivity contribution in [1.29, 1.82) is 5.26 Å². The summed E-state index contributed by atoms with van der Waals surface area (Å²) in [7, 11) is 0. The summed E-state index contributed by atoms with van der Waals surface area (Å²) in [4.78, 5) is 16.3. The van der Waals surface area contributed by atoms with Crippen molar-refractivity contribution >= 4 is 11.5 Å². The smallest absolute Gasteiger partial charge is 0.185 e. The summed E-state index contributed by atoms with van der Waals surface area (Å²) in [6.07, 6.45) is 1.73. The molecule has 0 spiro atoms. The third-order valence-corrected chi connectivity index (χ3v) is 2.69. The second-order valence-corrected chi connectivity index (χ2v) is 3.77. The van der Waals surface area contributed by atoms with Gasteiger partial charge in [-0.1, -0.05) is 30.3 Å². The van der Waals surface area contributed by atoms with Gasteiger partial charge in [0.25, 0.3) is 0 Å². The van der Waals surface area contributed by atoms with Gasteiger partial charge in [-0.25, -0.2) is 0 Å². The van der Waals surface area contributed by atoms with Crippen molar-refractivity contribution in [2.45, 2.75) is 12.8 Å². The first-order valence-electron chi connectivity index (χ1n) is 5.35. The topological polar surface area (TPSA) is 53.2 Å². The average molecular weight is 212 g/mol. The van der Waals surface area contributed by atoms with E-state index in [2.05, 4.69) is 11.1 Å². The quantitative estimate of drug-likeness (QED) is 0.721. The number of hydrogen-bond acceptors (Lipinski definition) is 3. The lowest BCUT2D eigenvalue weighted by molar-refractivity contribution is 0.0974. The van der Waals surface area contributed by atoms with E-state index in [1.165, 1.54) is 0 Å². The maximum atomic E-state index is 12.1. The summed E-state index contributed by atoms with van der Waals surface area (Å²) in [6.45, 7) is 0.746. The number of rotatable bonds is 3. The highest BCUT2D eigenvalue weighted by atomic mass is 16.1. The minimum Gasteiger partial charge on any atom is -0.292 e. The molecular weight excluding hydrogens is 200 g/mol. The minimum absolute atomic E-state index is 0.135. The summed E-state index contributed by atoms with van der Waals surface area (Å²) in [5.41, 5.74) is 1.33. The van der Waals surface area contributed by atoms with Crippen LogP contribution in [0.15, 0.2) is 35.3 Å².